The standard InChI is InChI=1S/C18H9F3N4OS/c19-11-7-10(8-12(20)15(11)21)24-17-14(27-18(26)25-17)6-9-2-1-3-13-16(9)23-5-4-22-13/h1-8H,(H,24,25,26). The van der Waals surface area contributed by atoms with Gasteiger partial charge in [0.15, 0.2) is 17.5 Å². The summed E-state index contributed by atoms with van der Waals surface area (Å²) in [5, 5.41) is 2.11. The average molecular weight is 386 g/mol. The summed E-state index contributed by atoms with van der Waals surface area (Å²) in [6.07, 6.45) is 4.79. The molecule has 2 heterocycles. The minimum atomic E-state index is -1.58. The summed E-state index contributed by atoms with van der Waals surface area (Å²) >= 11 is 0.878. The van der Waals surface area contributed by atoms with Crippen molar-refractivity contribution in [1.29, 1.82) is 0 Å². The fourth-order valence-electron chi connectivity index (χ4n) is 2.52. The highest BCUT2D eigenvalue weighted by Crippen LogP contribution is 2.30. The molecule has 3 aromatic rings. The van der Waals surface area contributed by atoms with E-state index in [0.717, 1.165) is 23.9 Å². The molecule has 9 heteroatoms. The lowest BCUT2D eigenvalue weighted by Crippen LogP contribution is -2.18. The minimum absolute atomic E-state index is 0.108. The number of para-hydroxylation sites is 1. The molecule has 0 atom stereocenters. The fourth-order valence-corrected chi connectivity index (χ4v) is 3.25. The molecule has 1 amide bonds. The number of aliphatic imine (C=N–C) groups is 1. The van der Waals surface area contributed by atoms with Gasteiger partial charge in [0.05, 0.1) is 21.6 Å². The Morgan fingerprint density at radius 2 is 1.81 bits per heavy atom. The zero-order valence-corrected chi connectivity index (χ0v) is 14.2. The number of hydrogen-bond acceptors (Lipinski definition) is 5. The van der Waals surface area contributed by atoms with Gasteiger partial charge in [-0.05, 0) is 23.9 Å². The number of amidine groups is 1. The second-order valence-electron chi connectivity index (χ2n) is 5.48. The van der Waals surface area contributed by atoms with E-state index in [2.05, 4.69) is 20.3 Å². The molecule has 5 nitrogen and oxygen atoms in total. The molecular weight excluding hydrogens is 377 g/mol. The second-order valence-corrected chi connectivity index (χ2v) is 6.49. The number of carbonyl (C=O) groups is 1. The molecule has 2 aromatic carbocycles. The fraction of sp³-hybridized carbons (Fsp3) is 0. The highest BCUT2D eigenvalue weighted by Gasteiger charge is 2.24. The molecule has 0 aliphatic carbocycles. The number of benzene rings is 2. The van der Waals surface area contributed by atoms with Gasteiger partial charge in [-0.3, -0.25) is 14.8 Å². The quantitative estimate of drug-likeness (QED) is 0.655. The topological polar surface area (TPSA) is 67.2 Å². The number of nitrogens with zero attached hydrogens (tertiary/aromatic N) is 3. The van der Waals surface area contributed by atoms with E-state index in [1.165, 1.54) is 0 Å². The maximum Gasteiger partial charge on any atom is 0.289 e. The zero-order valence-electron chi connectivity index (χ0n) is 13.4. The lowest BCUT2D eigenvalue weighted by molar-refractivity contribution is 0.265. The molecule has 0 radical (unpaired) electrons. The molecule has 0 saturated carbocycles. The van der Waals surface area contributed by atoms with E-state index in [0.29, 0.717) is 21.5 Å². The smallest absolute Gasteiger partial charge is 0.289 e. The number of fused-ring (bicyclic) bond motifs is 1. The molecule has 0 unspecified atom stereocenters. The SMILES string of the molecule is O=C1NC(=Nc2cc(F)c(F)c(F)c2)C(=Cc2cccc3nccnc23)S1. The first kappa shape index (κ1) is 17.2. The van der Waals surface area contributed by atoms with Gasteiger partial charge in [-0.15, -0.1) is 0 Å². The Morgan fingerprint density at radius 1 is 1.07 bits per heavy atom. The largest absolute Gasteiger partial charge is 0.300 e. The molecule has 1 saturated heterocycles. The van der Waals surface area contributed by atoms with Gasteiger partial charge in [-0.25, -0.2) is 18.2 Å². The Balaban J connectivity index is 1.79. The van der Waals surface area contributed by atoms with Gasteiger partial charge in [0.2, 0.25) is 0 Å². The van der Waals surface area contributed by atoms with Gasteiger partial charge in [0, 0.05) is 30.1 Å². The van der Waals surface area contributed by atoms with Crippen LogP contribution in [0.5, 0.6) is 0 Å². The van der Waals surface area contributed by atoms with E-state index < -0.39 is 22.7 Å². The molecule has 4 rings (SSSR count). The van der Waals surface area contributed by atoms with Crippen molar-refractivity contribution in [2.75, 3.05) is 0 Å². The lowest BCUT2D eigenvalue weighted by Gasteiger charge is -2.03. The summed E-state index contributed by atoms with van der Waals surface area (Å²) in [5.74, 6) is -4.19. The normalized spacial score (nSPS) is 17.1. The molecule has 0 bridgehead atoms. The number of amides is 1. The molecule has 1 N–H and O–H groups in total. The van der Waals surface area contributed by atoms with Crippen LogP contribution in [0, 0.1) is 17.5 Å². The van der Waals surface area contributed by atoms with Crippen LogP contribution in [0.1, 0.15) is 5.56 Å². The summed E-state index contributed by atoms with van der Waals surface area (Å²) in [6.45, 7) is 0. The molecule has 1 aromatic heterocycles. The Hall–Kier alpha value is -3.20. The van der Waals surface area contributed by atoms with E-state index in [4.69, 9.17) is 0 Å². The monoisotopic (exact) mass is 386 g/mol. The van der Waals surface area contributed by atoms with Crippen molar-refractivity contribution in [3.63, 3.8) is 0 Å². The Kier molecular flexibility index (Phi) is 4.36. The van der Waals surface area contributed by atoms with Crippen molar-refractivity contribution < 1.29 is 18.0 Å². The van der Waals surface area contributed by atoms with Crippen molar-refractivity contribution in [2.45, 2.75) is 0 Å². The van der Waals surface area contributed by atoms with Crippen LogP contribution < -0.4 is 5.32 Å². The molecule has 1 fully saturated rings. The summed E-state index contributed by atoms with van der Waals surface area (Å²) in [7, 11) is 0. The Bertz CT molecular complexity index is 1120. The van der Waals surface area contributed by atoms with Crippen LogP contribution in [0.25, 0.3) is 17.1 Å². The van der Waals surface area contributed by atoms with Crippen molar-refractivity contribution in [1.82, 2.24) is 15.3 Å². The second kappa shape index (κ2) is 6.84. The molecule has 1 aliphatic heterocycles. The first-order valence-corrected chi connectivity index (χ1v) is 8.47. The number of aromatic nitrogens is 2. The summed E-state index contributed by atoms with van der Waals surface area (Å²) < 4.78 is 39.9. The first-order valence-electron chi connectivity index (χ1n) is 7.65. The first-order chi connectivity index (χ1) is 13.0. The van der Waals surface area contributed by atoms with E-state index in [1.807, 2.05) is 0 Å². The predicted molar refractivity (Wildman–Crippen MR) is 97.0 cm³/mol. The van der Waals surface area contributed by atoms with Crippen molar-refractivity contribution in [2.24, 2.45) is 4.99 Å². The van der Waals surface area contributed by atoms with Gasteiger partial charge in [0.1, 0.15) is 5.84 Å². The highest BCUT2D eigenvalue weighted by molar-refractivity contribution is 8.18. The van der Waals surface area contributed by atoms with Crippen molar-refractivity contribution in [3.05, 3.63) is 70.6 Å². The number of nitrogens with one attached hydrogen (secondary N) is 1. The van der Waals surface area contributed by atoms with Crippen LogP contribution in [0.15, 0.2) is 52.6 Å². The van der Waals surface area contributed by atoms with Crippen molar-refractivity contribution >= 4 is 45.6 Å². The van der Waals surface area contributed by atoms with E-state index in [-0.39, 0.29) is 11.5 Å². The van der Waals surface area contributed by atoms with Gasteiger partial charge in [-0.2, -0.15) is 0 Å². The highest BCUT2D eigenvalue weighted by atomic mass is 32.2. The predicted octanol–water partition coefficient (Wildman–Crippen LogP) is 4.57. The number of thioether (sulfide) groups is 1. The number of rotatable bonds is 2. The average Bonchev–Trinajstić information content (AvgIpc) is 2.99. The molecule has 134 valence electrons. The number of carbonyl (C=O) groups excluding carboxylic acids is 1. The van der Waals surface area contributed by atoms with Crippen LogP contribution in [0.2, 0.25) is 0 Å². The van der Waals surface area contributed by atoms with Crippen LogP contribution in [-0.4, -0.2) is 21.0 Å². The minimum Gasteiger partial charge on any atom is -0.300 e. The summed E-state index contributed by atoms with van der Waals surface area (Å²) in [4.78, 5) is 24.8. The van der Waals surface area contributed by atoms with Gasteiger partial charge < -0.3 is 5.32 Å². The third kappa shape index (κ3) is 3.41. The third-order valence-electron chi connectivity index (χ3n) is 3.68. The zero-order chi connectivity index (χ0) is 19.0. The van der Waals surface area contributed by atoms with Gasteiger partial charge in [-0.1, -0.05) is 12.1 Å². The van der Waals surface area contributed by atoms with E-state index >= 15 is 0 Å². The maximum absolute atomic E-state index is 13.4. The van der Waals surface area contributed by atoms with Crippen LogP contribution in [0.4, 0.5) is 23.7 Å². The van der Waals surface area contributed by atoms with Crippen LogP contribution in [0.3, 0.4) is 0 Å². The number of hydrogen-bond donors (Lipinski definition) is 1. The van der Waals surface area contributed by atoms with Crippen molar-refractivity contribution in [3.8, 4) is 0 Å². The van der Waals surface area contributed by atoms with Gasteiger partial charge in [0.25, 0.3) is 5.24 Å². The van der Waals surface area contributed by atoms with E-state index in [9.17, 15) is 18.0 Å². The Morgan fingerprint density at radius 3 is 2.59 bits per heavy atom. The molecule has 1 aliphatic rings. The van der Waals surface area contributed by atoms with Gasteiger partial charge >= 0.3 is 0 Å². The summed E-state index contributed by atoms with van der Waals surface area (Å²) in [6, 6.07) is 6.89. The molecular formula is C18H9F3N4OS. The van der Waals surface area contributed by atoms with Crippen LogP contribution in [-0.2, 0) is 0 Å². The third-order valence-corrected chi connectivity index (χ3v) is 4.50. The lowest BCUT2D eigenvalue weighted by atomic mass is 10.1. The van der Waals surface area contributed by atoms with E-state index in [1.54, 1.807) is 36.7 Å². The Labute approximate surface area is 155 Å². The number of halogens is 3. The van der Waals surface area contributed by atoms with Crippen LogP contribution >= 0.6 is 11.8 Å². The molecule has 0 spiro atoms. The molecule has 27 heavy (non-hydrogen) atoms. The maximum atomic E-state index is 13.4. The summed E-state index contributed by atoms with van der Waals surface area (Å²) in [5.41, 5.74) is 1.84.